The maximum atomic E-state index is 12.6. The van der Waals surface area contributed by atoms with Crippen LogP contribution in [0.3, 0.4) is 0 Å². The Morgan fingerprint density at radius 1 is 1.19 bits per heavy atom. The van der Waals surface area contributed by atoms with Crippen molar-refractivity contribution in [3.8, 4) is 0 Å². The highest BCUT2D eigenvalue weighted by molar-refractivity contribution is 7.10. The van der Waals surface area contributed by atoms with E-state index < -0.39 is 11.7 Å². The quantitative estimate of drug-likeness (QED) is 0.857. The smallest absolute Gasteiger partial charge is 0.379 e. The molecule has 8 heteroatoms. The SMILES string of the molecule is O=C(NCC(c1cccs1)N1CCOCC1)c1ccc(C(F)(F)F)cc1. The molecule has 0 saturated carbocycles. The molecule has 26 heavy (non-hydrogen) atoms. The number of nitrogens with one attached hydrogen (secondary N) is 1. The van der Waals surface area contributed by atoms with Gasteiger partial charge in [0.1, 0.15) is 0 Å². The molecule has 1 aliphatic rings. The van der Waals surface area contributed by atoms with E-state index in [-0.39, 0.29) is 17.5 Å². The summed E-state index contributed by atoms with van der Waals surface area (Å²) < 4.78 is 43.3. The van der Waals surface area contributed by atoms with Gasteiger partial charge in [0.2, 0.25) is 0 Å². The number of thiophene rings is 1. The van der Waals surface area contributed by atoms with Crippen LogP contribution < -0.4 is 5.32 Å². The predicted octanol–water partition coefficient (Wildman–Crippen LogP) is 3.57. The van der Waals surface area contributed by atoms with Gasteiger partial charge in [0, 0.05) is 30.1 Å². The normalized spacial score (nSPS) is 17.0. The molecular formula is C18H19F3N2O2S. The van der Waals surface area contributed by atoms with Gasteiger partial charge >= 0.3 is 6.18 Å². The summed E-state index contributed by atoms with van der Waals surface area (Å²) in [5.74, 6) is -0.381. The molecular weight excluding hydrogens is 365 g/mol. The molecule has 140 valence electrons. The van der Waals surface area contributed by atoms with Crippen LogP contribution in [0.5, 0.6) is 0 Å². The van der Waals surface area contributed by atoms with E-state index in [0.29, 0.717) is 19.8 Å². The Bertz CT molecular complexity index is 711. The number of halogens is 3. The Morgan fingerprint density at radius 3 is 2.46 bits per heavy atom. The van der Waals surface area contributed by atoms with Crippen molar-refractivity contribution in [1.82, 2.24) is 10.2 Å². The van der Waals surface area contributed by atoms with Gasteiger partial charge in [-0.2, -0.15) is 13.2 Å². The van der Waals surface area contributed by atoms with Crippen LogP contribution in [0.15, 0.2) is 41.8 Å². The third-order valence-corrected chi connectivity index (χ3v) is 5.26. The number of nitrogens with zero attached hydrogens (tertiary/aromatic N) is 1. The Kier molecular flexibility index (Phi) is 5.95. The Morgan fingerprint density at radius 2 is 1.88 bits per heavy atom. The molecule has 1 aliphatic heterocycles. The van der Waals surface area contributed by atoms with Crippen molar-refractivity contribution in [2.45, 2.75) is 12.2 Å². The van der Waals surface area contributed by atoms with Crippen molar-refractivity contribution in [2.75, 3.05) is 32.8 Å². The van der Waals surface area contributed by atoms with Crippen LogP contribution in [0.1, 0.15) is 26.8 Å². The molecule has 1 saturated heterocycles. The fourth-order valence-corrected chi connectivity index (χ4v) is 3.74. The minimum Gasteiger partial charge on any atom is -0.379 e. The molecule has 1 aromatic heterocycles. The molecule has 1 amide bonds. The lowest BCUT2D eigenvalue weighted by Gasteiger charge is -2.34. The topological polar surface area (TPSA) is 41.6 Å². The summed E-state index contributed by atoms with van der Waals surface area (Å²) >= 11 is 1.62. The number of rotatable bonds is 5. The van der Waals surface area contributed by atoms with E-state index >= 15 is 0 Å². The zero-order valence-corrected chi connectivity index (χ0v) is 14.8. The average Bonchev–Trinajstić information content (AvgIpc) is 3.16. The Hall–Kier alpha value is -1.90. The van der Waals surface area contributed by atoms with E-state index in [1.807, 2.05) is 17.5 Å². The lowest BCUT2D eigenvalue weighted by atomic mass is 10.1. The molecule has 2 aromatic rings. The van der Waals surface area contributed by atoms with Gasteiger partial charge in [0.05, 0.1) is 24.8 Å². The Labute approximate surface area is 153 Å². The van der Waals surface area contributed by atoms with Crippen LogP contribution in [-0.4, -0.2) is 43.7 Å². The lowest BCUT2D eigenvalue weighted by molar-refractivity contribution is -0.137. The van der Waals surface area contributed by atoms with E-state index in [4.69, 9.17) is 4.74 Å². The van der Waals surface area contributed by atoms with Gasteiger partial charge in [-0.3, -0.25) is 9.69 Å². The number of hydrogen-bond acceptors (Lipinski definition) is 4. The fraction of sp³-hybridized carbons (Fsp3) is 0.389. The minimum atomic E-state index is -4.41. The van der Waals surface area contributed by atoms with Crippen molar-refractivity contribution < 1.29 is 22.7 Å². The number of hydrogen-bond donors (Lipinski definition) is 1. The fourth-order valence-electron chi connectivity index (χ4n) is 2.88. The van der Waals surface area contributed by atoms with E-state index in [9.17, 15) is 18.0 Å². The number of benzene rings is 1. The third kappa shape index (κ3) is 4.63. The number of morpholine rings is 1. The first-order valence-electron chi connectivity index (χ1n) is 8.26. The summed E-state index contributed by atoms with van der Waals surface area (Å²) in [5, 5.41) is 4.83. The van der Waals surface area contributed by atoms with Crippen LogP contribution >= 0.6 is 11.3 Å². The van der Waals surface area contributed by atoms with Crippen molar-refractivity contribution in [3.05, 3.63) is 57.8 Å². The van der Waals surface area contributed by atoms with Gasteiger partial charge in [-0.1, -0.05) is 6.07 Å². The summed E-state index contributed by atoms with van der Waals surface area (Å²) in [4.78, 5) is 15.7. The van der Waals surface area contributed by atoms with Crippen LogP contribution in [0.25, 0.3) is 0 Å². The van der Waals surface area contributed by atoms with Gasteiger partial charge in [-0.05, 0) is 35.7 Å². The minimum absolute atomic E-state index is 0.0253. The highest BCUT2D eigenvalue weighted by Crippen LogP contribution is 2.29. The summed E-state index contributed by atoms with van der Waals surface area (Å²) in [6.07, 6.45) is -4.41. The van der Waals surface area contributed by atoms with Gasteiger partial charge in [0.15, 0.2) is 0 Å². The third-order valence-electron chi connectivity index (χ3n) is 4.29. The maximum Gasteiger partial charge on any atom is 0.416 e. The van der Waals surface area contributed by atoms with Gasteiger partial charge < -0.3 is 10.1 Å². The largest absolute Gasteiger partial charge is 0.416 e. The molecule has 1 N–H and O–H groups in total. The van der Waals surface area contributed by atoms with Crippen molar-refractivity contribution in [2.24, 2.45) is 0 Å². The molecule has 0 radical (unpaired) electrons. The van der Waals surface area contributed by atoms with E-state index in [1.165, 1.54) is 12.1 Å². The van der Waals surface area contributed by atoms with Crippen LogP contribution in [0, 0.1) is 0 Å². The van der Waals surface area contributed by atoms with Crippen molar-refractivity contribution in [3.63, 3.8) is 0 Å². The monoisotopic (exact) mass is 384 g/mol. The number of carbonyl (C=O) groups excluding carboxylic acids is 1. The molecule has 0 bridgehead atoms. The summed E-state index contributed by atoms with van der Waals surface area (Å²) in [6.45, 7) is 3.24. The number of amides is 1. The lowest BCUT2D eigenvalue weighted by Crippen LogP contribution is -2.43. The molecule has 4 nitrogen and oxygen atoms in total. The number of carbonyl (C=O) groups is 1. The highest BCUT2D eigenvalue weighted by atomic mass is 32.1. The zero-order valence-electron chi connectivity index (χ0n) is 14.0. The van der Waals surface area contributed by atoms with Crippen LogP contribution in [0.4, 0.5) is 13.2 Å². The average molecular weight is 384 g/mol. The maximum absolute atomic E-state index is 12.6. The van der Waals surface area contributed by atoms with Crippen LogP contribution in [0.2, 0.25) is 0 Å². The highest BCUT2D eigenvalue weighted by Gasteiger charge is 2.30. The van der Waals surface area contributed by atoms with Crippen molar-refractivity contribution in [1.29, 1.82) is 0 Å². The summed E-state index contributed by atoms with van der Waals surface area (Å²) in [5.41, 5.74) is -0.552. The number of alkyl halides is 3. The standard InChI is InChI=1S/C18H19F3N2O2S/c19-18(20,21)14-5-3-13(4-6-14)17(24)22-12-15(16-2-1-11-26-16)23-7-9-25-10-8-23/h1-6,11,15H,7-10,12H2,(H,22,24). The Balaban J connectivity index is 1.65. The summed E-state index contributed by atoms with van der Waals surface area (Å²) in [7, 11) is 0. The molecule has 0 spiro atoms. The summed E-state index contributed by atoms with van der Waals surface area (Å²) in [6, 6.07) is 8.26. The second-order valence-corrected chi connectivity index (χ2v) is 6.94. The first kappa shape index (κ1) is 18.9. The first-order valence-corrected chi connectivity index (χ1v) is 9.14. The molecule has 1 atom stereocenters. The van der Waals surface area contributed by atoms with E-state index in [1.54, 1.807) is 11.3 Å². The molecule has 2 heterocycles. The van der Waals surface area contributed by atoms with Crippen molar-refractivity contribution >= 4 is 17.2 Å². The second kappa shape index (κ2) is 8.20. The van der Waals surface area contributed by atoms with Gasteiger partial charge in [-0.25, -0.2) is 0 Å². The van der Waals surface area contributed by atoms with E-state index in [0.717, 1.165) is 30.1 Å². The molecule has 3 rings (SSSR count). The predicted molar refractivity (Wildman–Crippen MR) is 93.2 cm³/mol. The molecule has 1 fully saturated rings. The van der Waals surface area contributed by atoms with Crippen LogP contribution in [-0.2, 0) is 10.9 Å². The molecule has 1 unspecified atom stereocenters. The van der Waals surface area contributed by atoms with E-state index in [2.05, 4.69) is 10.2 Å². The number of ether oxygens (including phenoxy) is 1. The first-order chi connectivity index (χ1) is 12.4. The zero-order chi connectivity index (χ0) is 18.6. The molecule has 1 aromatic carbocycles. The molecule has 0 aliphatic carbocycles. The van der Waals surface area contributed by atoms with Gasteiger partial charge in [0.25, 0.3) is 5.91 Å². The van der Waals surface area contributed by atoms with Gasteiger partial charge in [-0.15, -0.1) is 11.3 Å². The second-order valence-electron chi connectivity index (χ2n) is 5.96.